The Bertz CT molecular complexity index is 1030. The number of ether oxygens (including phenoxy) is 1. The fourth-order valence-electron chi connectivity index (χ4n) is 3.75. The van der Waals surface area contributed by atoms with Crippen molar-refractivity contribution in [1.29, 1.82) is 0 Å². The van der Waals surface area contributed by atoms with Crippen molar-refractivity contribution in [2.45, 2.75) is 38.0 Å². The van der Waals surface area contributed by atoms with Crippen LogP contribution in [0.5, 0.6) is 5.75 Å². The van der Waals surface area contributed by atoms with Crippen molar-refractivity contribution in [3.8, 4) is 5.75 Å². The average molecular weight is 463 g/mol. The minimum Gasteiger partial charge on any atom is -0.445 e. The molecule has 10 nitrogen and oxygen atoms in total. The Morgan fingerprint density at radius 2 is 1.78 bits per heavy atom. The van der Waals surface area contributed by atoms with Crippen molar-refractivity contribution < 1.29 is 26.9 Å². The predicted octanol–water partition coefficient (Wildman–Crippen LogP) is 2.17. The van der Waals surface area contributed by atoms with Crippen LogP contribution in [0, 0.1) is 0 Å². The summed E-state index contributed by atoms with van der Waals surface area (Å²) in [4.78, 5) is 26.2. The van der Waals surface area contributed by atoms with E-state index in [0.717, 1.165) is 18.4 Å². The summed E-state index contributed by atoms with van der Waals surface area (Å²) in [5.41, 5.74) is 6.89. The van der Waals surface area contributed by atoms with Gasteiger partial charge in [0.15, 0.2) is 0 Å². The molecule has 0 aromatic heterocycles. The molecule has 1 heterocycles. The lowest BCUT2D eigenvalue weighted by Crippen LogP contribution is -2.52. The largest absolute Gasteiger partial charge is 0.445 e. The Morgan fingerprint density at radius 3 is 2.41 bits per heavy atom. The van der Waals surface area contributed by atoms with Crippen LogP contribution in [0.15, 0.2) is 54.6 Å². The lowest BCUT2D eigenvalue weighted by Gasteiger charge is -2.39. The fraction of sp³-hybridized carbons (Fsp3) is 0.333. The van der Waals surface area contributed by atoms with Crippen molar-refractivity contribution in [3.05, 3.63) is 65.7 Å². The van der Waals surface area contributed by atoms with E-state index in [0.29, 0.717) is 18.5 Å². The molecule has 0 aliphatic carbocycles. The summed E-state index contributed by atoms with van der Waals surface area (Å²) in [7, 11) is -4.16. The van der Waals surface area contributed by atoms with Gasteiger partial charge in [0, 0.05) is 6.54 Å². The van der Waals surface area contributed by atoms with Crippen LogP contribution >= 0.6 is 0 Å². The summed E-state index contributed by atoms with van der Waals surface area (Å²) in [6.45, 7) is 0.609. The zero-order chi connectivity index (χ0) is 23.1. The first-order valence-corrected chi connectivity index (χ1v) is 11.6. The highest BCUT2D eigenvalue weighted by Crippen LogP contribution is 2.30. The number of carbonyl (C=O) groups is 2. The van der Waals surface area contributed by atoms with Crippen LogP contribution in [0.4, 0.5) is 9.59 Å². The maximum absolute atomic E-state index is 12.9. The fourth-order valence-corrected chi connectivity index (χ4v) is 4.13. The highest BCUT2D eigenvalue weighted by Gasteiger charge is 2.35. The van der Waals surface area contributed by atoms with Crippen LogP contribution in [0.2, 0.25) is 0 Å². The molecule has 11 heteroatoms. The van der Waals surface area contributed by atoms with Crippen LogP contribution in [0.25, 0.3) is 0 Å². The van der Waals surface area contributed by atoms with Gasteiger partial charge in [-0.2, -0.15) is 13.6 Å². The molecule has 3 amide bonds. The summed E-state index contributed by atoms with van der Waals surface area (Å²) in [6, 6.07) is 13.6. The molecule has 2 aromatic rings. The molecule has 32 heavy (non-hydrogen) atoms. The standard InChI is InChI=1S/C21H26N4O6S/c22-20(26)24-19(16-9-11-17(12-10-16)31-32(23,28)29)18-8-4-5-13-25(18)21(27)30-14-15-6-2-1-3-7-15/h1-3,6-7,9-12,18-19H,4-5,8,13-14H2,(H3,22,24,26)(H2,23,28,29). The van der Waals surface area contributed by atoms with Crippen molar-refractivity contribution in [3.63, 3.8) is 0 Å². The molecule has 1 fully saturated rings. The van der Waals surface area contributed by atoms with Crippen molar-refractivity contribution >= 4 is 22.4 Å². The Morgan fingerprint density at radius 1 is 1.09 bits per heavy atom. The third kappa shape index (κ3) is 6.59. The summed E-state index contributed by atoms with van der Waals surface area (Å²) < 4.78 is 32.4. The Hall–Kier alpha value is -3.31. The zero-order valence-electron chi connectivity index (χ0n) is 17.3. The molecule has 2 unspecified atom stereocenters. The van der Waals surface area contributed by atoms with Gasteiger partial charge in [0.05, 0.1) is 12.1 Å². The Labute approximate surface area is 186 Å². The first-order chi connectivity index (χ1) is 15.2. The molecule has 5 N–H and O–H groups in total. The second kappa shape index (κ2) is 10.3. The van der Waals surface area contributed by atoms with Gasteiger partial charge in [-0.1, -0.05) is 42.5 Å². The molecule has 172 valence electrons. The molecular weight excluding hydrogens is 436 g/mol. The molecule has 0 saturated carbocycles. The van der Waals surface area contributed by atoms with Gasteiger partial charge in [0.25, 0.3) is 0 Å². The van der Waals surface area contributed by atoms with Gasteiger partial charge in [-0.15, -0.1) is 0 Å². The van der Waals surface area contributed by atoms with Crippen LogP contribution in [-0.4, -0.2) is 38.0 Å². The van der Waals surface area contributed by atoms with Crippen LogP contribution in [0.3, 0.4) is 0 Å². The molecule has 1 aliphatic heterocycles. The topological polar surface area (TPSA) is 154 Å². The quantitative estimate of drug-likeness (QED) is 0.573. The van der Waals surface area contributed by atoms with Gasteiger partial charge >= 0.3 is 22.4 Å². The summed E-state index contributed by atoms with van der Waals surface area (Å²) in [5.74, 6) is 0.0249. The summed E-state index contributed by atoms with van der Waals surface area (Å²) in [6.07, 6.45) is 1.81. The van der Waals surface area contributed by atoms with Gasteiger partial charge in [0.1, 0.15) is 12.4 Å². The van der Waals surface area contributed by atoms with E-state index in [1.54, 1.807) is 17.0 Å². The number of nitrogens with one attached hydrogen (secondary N) is 1. The molecule has 0 bridgehead atoms. The molecule has 2 aromatic carbocycles. The van der Waals surface area contributed by atoms with E-state index in [2.05, 4.69) is 9.50 Å². The van der Waals surface area contributed by atoms with Gasteiger partial charge in [-0.25, -0.2) is 9.59 Å². The highest BCUT2D eigenvalue weighted by atomic mass is 32.2. The normalized spacial score (nSPS) is 17.3. The molecule has 1 saturated heterocycles. The zero-order valence-corrected chi connectivity index (χ0v) is 18.2. The van der Waals surface area contributed by atoms with Gasteiger partial charge in [0.2, 0.25) is 0 Å². The number of benzene rings is 2. The number of hydrogen-bond acceptors (Lipinski definition) is 6. The predicted molar refractivity (Wildman–Crippen MR) is 117 cm³/mol. The smallest absolute Gasteiger partial charge is 0.410 e. The molecule has 0 radical (unpaired) electrons. The van der Waals surface area contributed by atoms with E-state index in [1.165, 1.54) is 12.1 Å². The number of hydrogen-bond donors (Lipinski definition) is 3. The second-order valence-corrected chi connectivity index (χ2v) is 8.58. The van der Waals surface area contributed by atoms with Crippen molar-refractivity contribution in [1.82, 2.24) is 10.2 Å². The minimum atomic E-state index is -4.16. The lowest BCUT2D eigenvalue weighted by atomic mass is 9.91. The second-order valence-electron chi connectivity index (χ2n) is 7.43. The number of likely N-dealkylation sites (tertiary alicyclic amines) is 1. The van der Waals surface area contributed by atoms with E-state index in [1.807, 2.05) is 30.3 Å². The molecule has 2 atom stereocenters. The first-order valence-electron chi connectivity index (χ1n) is 10.1. The molecule has 1 aliphatic rings. The molecular formula is C21H26N4O6S. The van der Waals surface area contributed by atoms with Crippen LogP contribution in [0.1, 0.15) is 36.4 Å². The van der Waals surface area contributed by atoms with Gasteiger partial charge < -0.3 is 24.9 Å². The van der Waals surface area contributed by atoms with Crippen molar-refractivity contribution in [2.75, 3.05) is 6.54 Å². The van der Waals surface area contributed by atoms with E-state index >= 15 is 0 Å². The number of carbonyl (C=O) groups excluding carboxylic acids is 2. The van der Waals surface area contributed by atoms with Gasteiger partial charge in [-0.05, 0) is 42.5 Å². The number of amides is 3. The minimum absolute atomic E-state index is 0.0249. The van der Waals surface area contributed by atoms with E-state index < -0.39 is 34.5 Å². The Balaban J connectivity index is 1.79. The van der Waals surface area contributed by atoms with Crippen LogP contribution in [-0.2, 0) is 21.6 Å². The summed E-state index contributed by atoms with van der Waals surface area (Å²) >= 11 is 0. The highest BCUT2D eigenvalue weighted by molar-refractivity contribution is 7.84. The SMILES string of the molecule is NC(=O)NC(c1ccc(OS(N)(=O)=O)cc1)C1CCCCN1C(=O)OCc1ccccc1. The van der Waals surface area contributed by atoms with E-state index in [9.17, 15) is 18.0 Å². The number of nitrogens with two attached hydrogens (primary N) is 2. The molecule has 0 spiro atoms. The monoisotopic (exact) mass is 462 g/mol. The lowest BCUT2D eigenvalue weighted by molar-refractivity contribution is 0.0584. The Kier molecular flexibility index (Phi) is 7.54. The summed E-state index contributed by atoms with van der Waals surface area (Å²) in [5, 5.41) is 7.59. The first kappa shape index (κ1) is 23.4. The number of piperidine rings is 1. The maximum Gasteiger partial charge on any atom is 0.410 e. The molecule has 3 rings (SSSR count). The average Bonchev–Trinajstić information content (AvgIpc) is 2.76. The van der Waals surface area contributed by atoms with Crippen LogP contribution < -0.4 is 20.4 Å². The van der Waals surface area contributed by atoms with Gasteiger partial charge in [-0.3, -0.25) is 0 Å². The van der Waals surface area contributed by atoms with Crippen molar-refractivity contribution in [2.24, 2.45) is 10.9 Å². The number of urea groups is 1. The van der Waals surface area contributed by atoms with E-state index in [-0.39, 0.29) is 12.4 Å². The maximum atomic E-state index is 12.9. The number of nitrogens with zero attached hydrogens (tertiary/aromatic N) is 1. The third-order valence-corrected chi connectivity index (χ3v) is 5.55. The number of primary amides is 1. The third-order valence-electron chi connectivity index (χ3n) is 5.12. The van der Waals surface area contributed by atoms with E-state index in [4.69, 9.17) is 15.6 Å². The number of rotatable bonds is 7.